The maximum absolute atomic E-state index is 15.4. The van der Waals surface area contributed by atoms with E-state index in [0.717, 1.165) is 21.1 Å². The molecule has 2 aliphatic carbocycles. The Hall–Kier alpha value is -5.51. The molecular formula is C41H33Cl2F4N5O6. The molecule has 2 N–H and O–H groups in total. The number of nitrogens with zero attached hydrogens (tertiary/aromatic N) is 4. The molecule has 300 valence electrons. The number of halogens is 6. The van der Waals surface area contributed by atoms with Gasteiger partial charge in [0.15, 0.2) is 5.82 Å². The van der Waals surface area contributed by atoms with Gasteiger partial charge in [0.25, 0.3) is 23.6 Å². The van der Waals surface area contributed by atoms with Crippen molar-refractivity contribution >= 4 is 58.3 Å². The zero-order chi connectivity index (χ0) is 41.3. The topological polar surface area (TPSA) is 132 Å². The number of imide groups is 2. The number of fused-ring (bicyclic) bond motifs is 4. The fraction of sp³-hybridized carbons (Fsp3) is 0.293. The number of para-hydroxylation sites is 1. The number of amides is 4. The Morgan fingerprint density at radius 1 is 0.931 bits per heavy atom. The minimum atomic E-state index is -4.85. The highest BCUT2D eigenvalue weighted by atomic mass is 35.5. The molecule has 2 saturated heterocycles. The van der Waals surface area contributed by atoms with Crippen molar-refractivity contribution in [2.45, 2.75) is 30.4 Å². The molecule has 8 rings (SSSR count). The van der Waals surface area contributed by atoms with Crippen LogP contribution in [0.2, 0.25) is 10.0 Å². The standard InChI is InChI=1S/C41H33Cl2F4N5O6/c1-50(35-30(43)16-17-32(48-35)41(45,46)47)52-36(54)27-15-14-25-28(33(27)38(52)56)20-29-37(55)51(49-24-12-10-23(44)11-13-24)39(57)40(29,21-6-8-22(42)9-7-21)34(25)26-4-2-3-5-31(26)58-19-18-53/h2-14,16-17,27-29,33-34,49,53H,15,18-20H2,1H3. The second-order valence-electron chi connectivity index (χ2n) is 14.5. The highest BCUT2D eigenvalue weighted by molar-refractivity contribution is 6.33. The second-order valence-corrected chi connectivity index (χ2v) is 15.3. The van der Waals surface area contributed by atoms with Gasteiger partial charge < -0.3 is 9.84 Å². The van der Waals surface area contributed by atoms with Gasteiger partial charge in [0.05, 0.1) is 40.5 Å². The van der Waals surface area contributed by atoms with Crippen molar-refractivity contribution in [1.29, 1.82) is 0 Å². The number of anilines is 2. The zero-order valence-corrected chi connectivity index (χ0v) is 31.9. The summed E-state index contributed by atoms with van der Waals surface area (Å²) >= 11 is 12.7. The fourth-order valence-electron chi connectivity index (χ4n) is 9.20. The molecule has 17 heteroatoms. The average molecular weight is 839 g/mol. The Labute approximate surface area is 338 Å². The van der Waals surface area contributed by atoms with Crippen LogP contribution in [-0.4, -0.2) is 64.0 Å². The lowest BCUT2D eigenvalue weighted by Crippen LogP contribution is -2.53. The maximum Gasteiger partial charge on any atom is 0.433 e. The number of alkyl halides is 3. The first-order chi connectivity index (χ1) is 27.7. The summed E-state index contributed by atoms with van der Waals surface area (Å²) in [4.78, 5) is 62.8. The van der Waals surface area contributed by atoms with Crippen LogP contribution in [0.1, 0.15) is 35.6 Å². The number of aromatic nitrogens is 1. The SMILES string of the molecule is CN(c1nc(C(F)(F)F)ccc1Cl)N1C(=O)C2CC=C3C(CC4C(=O)N(Nc5ccc(F)cc5)C(=O)C4(c4ccc(Cl)cc4)C3c3ccccc3OCCO)C2C1=O. The number of hydrogen-bond acceptors (Lipinski definition) is 9. The quantitative estimate of drug-likeness (QED) is 0.104. The minimum absolute atomic E-state index is 0.00632. The number of benzene rings is 3. The molecule has 58 heavy (non-hydrogen) atoms. The van der Waals surface area contributed by atoms with E-state index < -0.39 is 82.1 Å². The number of carbonyl (C=O) groups excluding carboxylic acids is 4. The highest BCUT2D eigenvalue weighted by Crippen LogP contribution is 2.65. The first-order valence-electron chi connectivity index (χ1n) is 18.2. The lowest BCUT2D eigenvalue weighted by Gasteiger charge is -2.50. The number of hydrogen-bond donors (Lipinski definition) is 2. The van der Waals surface area contributed by atoms with Gasteiger partial charge in [-0.3, -0.25) is 29.6 Å². The summed E-state index contributed by atoms with van der Waals surface area (Å²) in [5.74, 6) is -8.61. The van der Waals surface area contributed by atoms with Crippen LogP contribution < -0.4 is 15.2 Å². The minimum Gasteiger partial charge on any atom is -0.491 e. The van der Waals surface area contributed by atoms with E-state index in [1.165, 1.54) is 31.3 Å². The predicted octanol–water partition coefficient (Wildman–Crippen LogP) is 6.95. The third-order valence-electron chi connectivity index (χ3n) is 11.5. The van der Waals surface area contributed by atoms with Crippen LogP contribution in [0.5, 0.6) is 5.75 Å². The van der Waals surface area contributed by atoms with Crippen molar-refractivity contribution in [2.75, 3.05) is 30.7 Å². The fourth-order valence-corrected chi connectivity index (χ4v) is 9.55. The average Bonchev–Trinajstić information content (AvgIpc) is 3.58. The Morgan fingerprint density at radius 3 is 2.33 bits per heavy atom. The summed E-state index contributed by atoms with van der Waals surface area (Å²) in [7, 11) is 1.22. The van der Waals surface area contributed by atoms with E-state index in [-0.39, 0.29) is 36.8 Å². The summed E-state index contributed by atoms with van der Waals surface area (Å²) in [6.45, 7) is -0.448. The summed E-state index contributed by atoms with van der Waals surface area (Å²) in [6.07, 6.45) is -3.14. The molecule has 1 aromatic heterocycles. The lowest BCUT2D eigenvalue weighted by atomic mass is 9.49. The number of nitrogens with one attached hydrogen (secondary N) is 1. The molecule has 0 radical (unpaired) electrons. The first kappa shape index (κ1) is 39.3. The molecule has 0 bridgehead atoms. The second kappa shape index (κ2) is 14.7. The molecular weight excluding hydrogens is 805 g/mol. The van der Waals surface area contributed by atoms with Crippen molar-refractivity contribution in [3.63, 3.8) is 0 Å². The molecule has 3 heterocycles. The predicted molar refractivity (Wildman–Crippen MR) is 203 cm³/mol. The van der Waals surface area contributed by atoms with Crippen molar-refractivity contribution in [3.05, 3.63) is 129 Å². The molecule has 0 spiro atoms. The van der Waals surface area contributed by atoms with Gasteiger partial charge >= 0.3 is 6.18 Å². The van der Waals surface area contributed by atoms with Crippen molar-refractivity contribution in [3.8, 4) is 5.75 Å². The lowest BCUT2D eigenvalue weighted by molar-refractivity contribution is -0.142. The number of aliphatic hydroxyl groups excluding tert-OH is 1. The van der Waals surface area contributed by atoms with Gasteiger partial charge in [0.1, 0.15) is 23.9 Å². The van der Waals surface area contributed by atoms with E-state index in [2.05, 4.69) is 10.4 Å². The Bertz CT molecular complexity index is 2360. The smallest absolute Gasteiger partial charge is 0.433 e. The molecule has 6 unspecified atom stereocenters. The van der Waals surface area contributed by atoms with Crippen molar-refractivity contribution in [2.24, 2.45) is 23.7 Å². The van der Waals surface area contributed by atoms with Crippen molar-refractivity contribution < 1.29 is 46.6 Å². The van der Waals surface area contributed by atoms with E-state index in [4.69, 9.17) is 27.9 Å². The van der Waals surface area contributed by atoms with Crippen molar-refractivity contribution in [1.82, 2.24) is 15.0 Å². The summed E-state index contributed by atoms with van der Waals surface area (Å²) in [5, 5.41) is 12.4. The number of hydrazine groups is 2. The number of aliphatic hydroxyl groups is 1. The van der Waals surface area contributed by atoms with Crippen LogP contribution in [-0.2, 0) is 30.8 Å². The number of allylic oxidation sites excluding steroid dienone is 2. The molecule has 2 aliphatic heterocycles. The third kappa shape index (κ3) is 6.18. The highest BCUT2D eigenvalue weighted by Gasteiger charge is 2.71. The normalized spacial score (nSPS) is 25.3. The monoisotopic (exact) mass is 837 g/mol. The van der Waals surface area contributed by atoms with E-state index in [9.17, 15) is 37.1 Å². The van der Waals surface area contributed by atoms with Gasteiger partial charge in [0, 0.05) is 23.6 Å². The molecule has 4 aromatic rings. The van der Waals surface area contributed by atoms with Crippen LogP contribution in [0.4, 0.5) is 29.1 Å². The van der Waals surface area contributed by atoms with Gasteiger partial charge in [-0.05, 0) is 78.9 Å². The molecule has 6 atom stereocenters. The number of ether oxygens (including phenoxy) is 1. The van der Waals surface area contributed by atoms with Gasteiger partial charge in [0.2, 0.25) is 0 Å². The Kier molecular flexibility index (Phi) is 9.97. The van der Waals surface area contributed by atoms with E-state index >= 15 is 4.79 Å². The summed E-state index contributed by atoms with van der Waals surface area (Å²) in [6, 6.07) is 20.1. The molecule has 4 aliphatic rings. The number of pyridine rings is 1. The first-order valence-corrected chi connectivity index (χ1v) is 19.0. The van der Waals surface area contributed by atoms with Gasteiger partial charge in [-0.1, -0.05) is 65.2 Å². The van der Waals surface area contributed by atoms with E-state index in [0.29, 0.717) is 33.5 Å². The molecule has 3 aromatic carbocycles. The molecule has 4 amide bonds. The van der Waals surface area contributed by atoms with Crippen LogP contribution in [0, 0.1) is 29.5 Å². The van der Waals surface area contributed by atoms with Crippen LogP contribution in [0.15, 0.2) is 96.6 Å². The van der Waals surface area contributed by atoms with E-state index in [1.54, 1.807) is 54.6 Å². The molecule has 3 fully saturated rings. The van der Waals surface area contributed by atoms with Crippen LogP contribution >= 0.6 is 23.2 Å². The van der Waals surface area contributed by atoms with E-state index in [1.807, 2.05) is 0 Å². The van der Waals surface area contributed by atoms with Crippen LogP contribution in [0.3, 0.4) is 0 Å². The Morgan fingerprint density at radius 2 is 1.64 bits per heavy atom. The van der Waals surface area contributed by atoms with Gasteiger partial charge in [-0.15, -0.1) is 0 Å². The van der Waals surface area contributed by atoms with Gasteiger partial charge in [-0.25, -0.2) is 9.37 Å². The number of rotatable bonds is 9. The Balaban J connectivity index is 1.29. The number of carbonyl (C=O) groups is 4. The largest absolute Gasteiger partial charge is 0.491 e. The zero-order valence-electron chi connectivity index (χ0n) is 30.4. The summed E-state index contributed by atoms with van der Waals surface area (Å²) < 4.78 is 61.1. The third-order valence-corrected chi connectivity index (χ3v) is 12.1. The maximum atomic E-state index is 15.4. The van der Waals surface area contributed by atoms with Gasteiger partial charge in [-0.2, -0.15) is 23.2 Å². The summed E-state index contributed by atoms with van der Waals surface area (Å²) in [5.41, 5.74) is 1.58. The molecule has 1 saturated carbocycles. The van der Waals surface area contributed by atoms with Crippen LogP contribution in [0.25, 0.3) is 0 Å². The molecule has 11 nitrogen and oxygen atoms in total.